The molecule has 134 valence electrons. The van der Waals surface area contributed by atoms with Gasteiger partial charge in [0.1, 0.15) is 5.82 Å². The van der Waals surface area contributed by atoms with Gasteiger partial charge in [0.05, 0.1) is 11.4 Å². The number of rotatable bonds is 5. The summed E-state index contributed by atoms with van der Waals surface area (Å²) in [6.07, 6.45) is 4.55. The number of amides is 1. The maximum atomic E-state index is 12.7. The van der Waals surface area contributed by atoms with Crippen molar-refractivity contribution in [3.8, 4) is 0 Å². The Morgan fingerprint density at radius 2 is 1.81 bits per heavy atom. The molecule has 2 heterocycles. The highest BCUT2D eigenvalue weighted by molar-refractivity contribution is 7.89. The summed E-state index contributed by atoms with van der Waals surface area (Å²) in [5, 5.41) is 6.52. The van der Waals surface area contributed by atoms with E-state index in [1.807, 2.05) is 6.92 Å². The van der Waals surface area contributed by atoms with Crippen molar-refractivity contribution in [2.75, 3.05) is 0 Å². The van der Waals surface area contributed by atoms with Crippen LogP contribution in [0.5, 0.6) is 0 Å². The Morgan fingerprint density at radius 1 is 1.12 bits per heavy atom. The van der Waals surface area contributed by atoms with Crippen molar-refractivity contribution < 1.29 is 13.2 Å². The van der Waals surface area contributed by atoms with Crippen LogP contribution in [0.25, 0.3) is 0 Å². The average molecular weight is 371 g/mol. The summed E-state index contributed by atoms with van der Waals surface area (Å²) in [7, 11) is -3.85. The van der Waals surface area contributed by atoms with E-state index in [2.05, 4.69) is 20.4 Å². The number of hydrogen-bond acceptors (Lipinski definition) is 6. The number of nitrogens with zero attached hydrogens (tertiary/aromatic N) is 4. The van der Waals surface area contributed by atoms with Gasteiger partial charge >= 0.3 is 0 Å². The number of hydrogen-bond donors (Lipinski definition) is 1. The first-order valence-electron chi connectivity index (χ1n) is 7.80. The summed E-state index contributed by atoms with van der Waals surface area (Å²) in [5.74, 6) is -0.0520. The van der Waals surface area contributed by atoms with Gasteiger partial charge in [0.25, 0.3) is 15.9 Å². The zero-order chi connectivity index (χ0) is 18.7. The number of aryl methyl sites for hydroxylation is 2. The molecule has 0 saturated heterocycles. The fourth-order valence-corrected chi connectivity index (χ4v) is 3.61. The van der Waals surface area contributed by atoms with Gasteiger partial charge in [0, 0.05) is 18.6 Å². The van der Waals surface area contributed by atoms with Crippen LogP contribution in [0.1, 0.15) is 27.4 Å². The van der Waals surface area contributed by atoms with Gasteiger partial charge in [-0.05, 0) is 37.1 Å². The van der Waals surface area contributed by atoms with E-state index in [-0.39, 0.29) is 17.1 Å². The van der Waals surface area contributed by atoms with Gasteiger partial charge in [-0.1, -0.05) is 18.2 Å². The van der Waals surface area contributed by atoms with Gasteiger partial charge < -0.3 is 5.32 Å². The lowest BCUT2D eigenvalue weighted by molar-refractivity contribution is 0.0944. The summed E-state index contributed by atoms with van der Waals surface area (Å²) in [6, 6.07) is 7.94. The lowest BCUT2D eigenvalue weighted by atomic mass is 10.2. The predicted molar refractivity (Wildman–Crippen MR) is 93.9 cm³/mol. The van der Waals surface area contributed by atoms with Crippen LogP contribution >= 0.6 is 0 Å². The second-order valence-corrected chi connectivity index (χ2v) is 7.47. The lowest BCUT2D eigenvalue weighted by Gasteiger charge is -2.07. The Balaban J connectivity index is 1.76. The summed E-state index contributed by atoms with van der Waals surface area (Å²) >= 11 is 0. The molecule has 0 saturated carbocycles. The van der Waals surface area contributed by atoms with Crippen molar-refractivity contribution in [2.24, 2.45) is 0 Å². The topological polar surface area (TPSA) is 107 Å². The van der Waals surface area contributed by atoms with Crippen LogP contribution in [0.2, 0.25) is 0 Å². The molecule has 0 aliphatic heterocycles. The van der Waals surface area contributed by atoms with Gasteiger partial charge in [-0.3, -0.25) is 4.79 Å². The zero-order valence-electron chi connectivity index (χ0n) is 14.2. The Bertz CT molecular complexity index is 1040. The summed E-state index contributed by atoms with van der Waals surface area (Å²) in [5.41, 5.74) is 1.51. The number of carbonyl (C=O) groups is 1. The third kappa shape index (κ3) is 3.62. The molecule has 0 aliphatic rings. The van der Waals surface area contributed by atoms with Crippen molar-refractivity contribution in [2.45, 2.75) is 25.3 Å². The minimum atomic E-state index is -3.85. The molecule has 1 aromatic carbocycles. The van der Waals surface area contributed by atoms with Gasteiger partial charge in [-0.15, -0.1) is 0 Å². The van der Waals surface area contributed by atoms with Gasteiger partial charge in [-0.25, -0.2) is 9.97 Å². The lowest BCUT2D eigenvalue weighted by Crippen LogP contribution is -2.25. The Kier molecular flexibility index (Phi) is 4.81. The minimum absolute atomic E-state index is 0.00530. The highest BCUT2D eigenvalue weighted by Gasteiger charge is 2.21. The molecule has 0 aliphatic carbocycles. The van der Waals surface area contributed by atoms with Crippen LogP contribution in [0.3, 0.4) is 0 Å². The van der Waals surface area contributed by atoms with Crippen molar-refractivity contribution in [1.82, 2.24) is 24.5 Å². The maximum Gasteiger partial charge on any atom is 0.283 e. The Morgan fingerprint density at radius 3 is 2.50 bits per heavy atom. The van der Waals surface area contributed by atoms with E-state index in [9.17, 15) is 13.2 Å². The fourth-order valence-electron chi connectivity index (χ4n) is 2.27. The minimum Gasteiger partial charge on any atom is -0.343 e. The molecular formula is C17H17N5O3S. The predicted octanol–water partition coefficient (Wildman–Crippen LogP) is 1.46. The van der Waals surface area contributed by atoms with Gasteiger partial charge in [-0.2, -0.15) is 17.6 Å². The van der Waals surface area contributed by atoms with Crippen molar-refractivity contribution in [3.05, 3.63) is 71.6 Å². The normalized spacial score (nSPS) is 11.3. The monoisotopic (exact) mass is 371 g/mol. The molecule has 1 amide bonds. The zero-order valence-corrected chi connectivity index (χ0v) is 15.1. The average Bonchev–Trinajstić information content (AvgIpc) is 3.12. The molecule has 8 nitrogen and oxygen atoms in total. The van der Waals surface area contributed by atoms with Crippen LogP contribution in [0, 0.1) is 13.8 Å². The van der Waals surface area contributed by atoms with Crippen LogP contribution in [-0.2, 0) is 16.6 Å². The third-order valence-corrected chi connectivity index (χ3v) is 5.37. The smallest absolute Gasteiger partial charge is 0.283 e. The van der Waals surface area contributed by atoms with Crippen LogP contribution in [0.15, 0.2) is 53.8 Å². The number of nitrogens with one attached hydrogen (secondary N) is 1. The van der Waals surface area contributed by atoms with Crippen molar-refractivity contribution in [3.63, 3.8) is 0 Å². The van der Waals surface area contributed by atoms with E-state index in [0.29, 0.717) is 11.4 Å². The van der Waals surface area contributed by atoms with E-state index >= 15 is 0 Å². The highest BCUT2D eigenvalue weighted by Crippen LogP contribution is 2.17. The number of aromatic nitrogens is 4. The van der Waals surface area contributed by atoms with E-state index in [1.165, 1.54) is 18.3 Å². The first-order valence-corrected chi connectivity index (χ1v) is 9.24. The molecular weight excluding hydrogens is 354 g/mol. The molecule has 2 aromatic heterocycles. The summed E-state index contributed by atoms with van der Waals surface area (Å²) < 4.78 is 26.1. The molecule has 3 rings (SSSR count). The number of benzene rings is 1. The summed E-state index contributed by atoms with van der Waals surface area (Å²) in [4.78, 5) is 20.5. The molecule has 0 bridgehead atoms. The molecule has 0 spiro atoms. The highest BCUT2D eigenvalue weighted by atomic mass is 32.2. The largest absolute Gasteiger partial charge is 0.343 e. The molecule has 9 heteroatoms. The van der Waals surface area contributed by atoms with E-state index in [4.69, 9.17) is 0 Å². The Labute approximate surface area is 151 Å². The van der Waals surface area contributed by atoms with Crippen LogP contribution < -0.4 is 5.32 Å². The molecule has 3 aromatic rings. The van der Waals surface area contributed by atoms with Crippen LogP contribution in [0.4, 0.5) is 0 Å². The van der Waals surface area contributed by atoms with E-state index in [1.54, 1.807) is 37.5 Å². The van der Waals surface area contributed by atoms with Crippen LogP contribution in [-0.4, -0.2) is 33.5 Å². The molecule has 0 atom stereocenters. The third-order valence-electron chi connectivity index (χ3n) is 3.66. The molecule has 0 fully saturated rings. The SMILES string of the molecule is Cc1cnc(CNC(=O)c2ccn(S(=O)(=O)c3ccccc3C)n2)nc1. The second-order valence-electron chi connectivity index (χ2n) is 5.70. The standard InChI is InChI=1S/C17H17N5O3S/c1-12-9-18-16(19-10-12)11-20-17(23)14-7-8-22(21-14)26(24,25)15-6-4-3-5-13(15)2/h3-10H,11H2,1-2H3,(H,20,23). The Hall–Kier alpha value is -3.07. The van der Waals surface area contributed by atoms with Gasteiger partial charge in [0.2, 0.25) is 0 Å². The van der Waals surface area contributed by atoms with Crippen molar-refractivity contribution in [1.29, 1.82) is 0 Å². The van der Waals surface area contributed by atoms with E-state index < -0.39 is 15.9 Å². The maximum absolute atomic E-state index is 12.7. The quantitative estimate of drug-likeness (QED) is 0.728. The van der Waals surface area contributed by atoms with E-state index in [0.717, 1.165) is 9.65 Å². The first-order chi connectivity index (χ1) is 12.4. The first kappa shape index (κ1) is 17.7. The second kappa shape index (κ2) is 7.04. The molecule has 26 heavy (non-hydrogen) atoms. The molecule has 1 N–H and O–H groups in total. The van der Waals surface area contributed by atoms with Crippen molar-refractivity contribution >= 4 is 15.9 Å². The molecule has 0 radical (unpaired) electrons. The molecule has 0 unspecified atom stereocenters. The fraction of sp³-hybridized carbons (Fsp3) is 0.176. The van der Waals surface area contributed by atoms with Gasteiger partial charge in [0.15, 0.2) is 5.69 Å². The number of carbonyl (C=O) groups excluding carboxylic acids is 1. The summed E-state index contributed by atoms with van der Waals surface area (Å²) in [6.45, 7) is 3.69.